The molecule has 0 saturated carbocycles. The monoisotopic (exact) mass is 466 g/mol. The molecule has 0 aliphatic heterocycles. The fourth-order valence-corrected chi connectivity index (χ4v) is 3.52. The van der Waals surface area contributed by atoms with E-state index in [9.17, 15) is 9.59 Å². The summed E-state index contributed by atoms with van der Waals surface area (Å²) in [5.41, 5.74) is 9.23. The minimum Gasteiger partial charge on any atom is -0.318 e. The molecular formula is C23H23BrN4O2. The number of nitrogens with one attached hydrogen (secondary N) is 2. The van der Waals surface area contributed by atoms with Crippen LogP contribution in [0.15, 0.2) is 58.1 Å². The number of carbonyl (C=O) groups excluding carboxylic acids is 2. The highest BCUT2D eigenvalue weighted by Gasteiger charge is 2.14. The average molecular weight is 467 g/mol. The number of anilines is 1. The number of aromatic nitrogens is 1. The molecule has 3 aromatic rings. The Balaban J connectivity index is 1.70. The first-order valence-electron chi connectivity index (χ1n) is 9.43. The lowest BCUT2D eigenvalue weighted by Gasteiger charge is -2.11. The van der Waals surface area contributed by atoms with Crippen LogP contribution in [0.4, 0.5) is 5.69 Å². The van der Waals surface area contributed by atoms with Crippen LogP contribution in [0, 0.1) is 27.7 Å². The van der Waals surface area contributed by atoms with Crippen molar-refractivity contribution in [1.29, 1.82) is 0 Å². The molecule has 0 saturated heterocycles. The van der Waals surface area contributed by atoms with Crippen LogP contribution >= 0.6 is 15.9 Å². The van der Waals surface area contributed by atoms with Gasteiger partial charge in [-0.15, -0.1) is 0 Å². The molecule has 1 heterocycles. The lowest BCUT2D eigenvalue weighted by molar-refractivity contribution is -0.136. The van der Waals surface area contributed by atoms with Gasteiger partial charge in [0, 0.05) is 27.1 Å². The van der Waals surface area contributed by atoms with E-state index in [-0.39, 0.29) is 0 Å². The van der Waals surface area contributed by atoms with Crippen LogP contribution < -0.4 is 10.7 Å². The summed E-state index contributed by atoms with van der Waals surface area (Å²) in [6, 6.07) is 15.4. The molecule has 0 spiro atoms. The lowest BCUT2D eigenvalue weighted by atomic mass is 10.1. The minimum atomic E-state index is -0.843. The fraction of sp³-hybridized carbons (Fsp3) is 0.174. The van der Waals surface area contributed by atoms with Crippen LogP contribution in [0.2, 0.25) is 0 Å². The van der Waals surface area contributed by atoms with E-state index in [1.165, 1.54) is 11.1 Å². The van der Waals surface area contributed by atoms with E-state index < -0.39 is 11.8 Å². The summed E-state index contributed by atoms with van der Waals surface area (Å²) in [5.74, 6) is -1.63. The van der Waals surface area contributed by atoms with E-state index in [0.717, 1.165) is 22.6 Å². The zero-order chi connectivity index (χ0) is 21.8. The van der Waals surface area contributed by atoms with Gasteiger partial charge in [-0.05, 0) is 85.1 Å². The normalized spacial score (nSPS) is 11.0. The van der Waals surface area contributed by atoms with Crippen molar-refractivity contribution in [3.05, 3.63) is 81.1 Å². The van der Waals surface area contributed by atoms with Gasteiger partial charge >= 0.3 is 11.8 Å². The third-order valence-corrected chi connectivity index (χ3v) is 5.61. The van der Waals surface area contributed by atoms with Crippen molar-refractivity contribution >= 4 is 39.6 Å². The fourth-order valence-electron chi connectivity index (χ4n) is 3.13. The second-order valence-corrected chi connectivity index (χ2v) is 7.92. The predicted octanol–water partition coefficient (Wildman–Crippen LogP) is 4.56. The largest absolute Gasteiger partial charge is 0.329 e. The SMILES string of the molecule is Cc1ccc(-n2c(C)cc(/C=N\NC(=O)C(=O)Nc3ccccc3Br)c2C)cc1C. The number of benzene rings is 2. The zero-order valence-electron chi connectivity index (χ0n) is 17.3. The molecule has 154 valence electrons. The molecule has 0 atom stereocenters. The topological polar surface area (TPSA) is 75.5 Å². The van der Waals surface area contributed by atoms with Gasteiger partial charge in [0.25, 0.3) is 0 Å². The van der Waals surface area contributed by atoms with Crippen LogP contribution in [0.25, 0.3) is 5.69 Å². The Morgan fingerprint density at radius 3 is 2.40 bits per heavy atom. The highest BCUT2D eigenvalue weighted by atomic mass is 79.9. The van der Waals surface area contributed by atoms with Crippen molar-refractivity contribution < 1.29 is 9.59 Å². The molecule has 0 aliphatic carbocycles. The second-order valence-electron chi connectivity index (χ2n) is 7.06. The van der Waals surface area contributed by atoms with Gasteiger partial charge in [0.1, 0.15) is 0 Å². The Hall–Kier alpha value is -3.19. The van der Waals surface area contributed by atoms with Gasteiger partial charge in [-0.3, -0.25) is 9.59 Å². The summed E-state index contributed by atoms with van der Waals surface area (Å²) in [7, 11) is 0. The van der Waals surface area contributed by atoms with Gasteiger partial charge in [-0.1, -0.05) is 18.2 Å². The maximum atomic E-state index is 12.1. The van der Waals surface area contributed by atoms with E-state index in [4.69, 9.17) is 0 Å². The van der Waals surface area contributed by atoms with Crippen LogP contribution in [0.1, 0.15) is 28.1 Å². The lowest BCUT2D eigenvalue weighted by Crippen LogP contribution is -2.32. The van der Waals surface area contributed by atoms with Crippen LogP contribution in [0.3, 0.4) is 0 Å². The summed E-state index contributed by atoms with van der Waals surface area (Å²) in [5, 5.41) is 6.50. The number of amides is 2. The highest BCUT2D eigenvalue weighted by Crippen LogP contribution is 2.22. The Kier molecular flexibility index (Phi) is 6.52. The Labute approximate surface area is 184 Å². The number of rotatable bonds is 4. The molecule has 0 unspecified atom stereocenters. The molecule has 2 amide bonds. The standard InChI is InChI=1S/C23H23BrN4O2/c1-14-9-10-19(11-15(14)2)28-16(3)12-18(17(28)4)13-25-27-23(30)22(29)26-21-8-6-5-7-20(21)24/h5-13H,1-4H3,(H,26,29)(H,27,30)/b25-13-. The number of para-hydroxylation sites is 1. The predicted molar refractivity (Wildman–Crippen MR) is 123 cm³/mol. The van der Waals surface area contributed by atoms with E-state index in [0.29, 0.717) is 10.2 Å². The number of nitrogens with zero attached hydrogens (tertiary/aromatic N) is 2. The molecular weight excluding hydrogens is 444 g/mol. The van der Waals surface area contributed by atoms with E-state index in [1.54, 1.807) is 24.4 Å². The van der Waals surface area contributed by atoms with Gasteiger partial charge in [0.15, 0.2) is 0 Å². The Morgan fingerprint density at radius 1 is 0.967 bits per heavy atom. The number of hydrazone groups is 1. The molecule has 0 aliphatic rings. The van der Waals surface area contributed by atoms with Gasteiger partial charge in [0.05, 0.1) is 11.9 Å². The third-order valence-electron chi connectivity index (χ3n) is 4.92. The number of carbonyl (C=O) groups is 2. The van der Waals surface area contributed by atoms with Gasteiger partial charge in [0.2, 0.25) is 0 Å². The van der Waals surface area contributed by atoms with Crippen molar-refractivity contribution in [2.24, 2.45) is 5.10 Å². The first kappa shape index (κ1) is 21.5. The number of hydrogen-bond donors (Lipinski definition) is 2. The van der Waals surface area contributed by atoms with Crippen LogP contribution in [-0.4, -0.2) is 22.6 Å². The quantitative estimate of drug-likeness (QED) is 0.335. The third kappa shape index (κ3) is 4.68. The Bertz CT molecular complexity index is 1150. The summed E-state index contributed by atoms with van der Waals surface area (Å²) < 4.78 is 2.82. The molecule has 0 fully saturated rings. The van der Waals surface area contributed by atoms with Gasteiger partial charge in [-0.25, -0.2) is 5.43 Å². The number of halogens is 1. The minimum absolute atomic E-state index is 0.513. The van der Waals surface area contributed by atoms with Crippen molar-refractivity contribution in [3.63, 3.8) is 0 Å². The smallest absolute Gasteiger partial charge is 0.318 e. The molecule has 2 N–H and O–H groups in total. The average Bonchev–Trinajstić information content (AvgIpc) is 2.99. The highest BCUT2D eigenvalue weighted by molar-refractivity contribution is 9.10. The first-order chi connectivity index (χ1) is 14.3. The van der Waals surface area contributed by atoms with Crippen molar-refractivity contribution in [2.75, 3.05) is 5.32 Å². The van der Waals surface area contributed by atoms with Gasteiger partial charge < -0.3 is 9.88 Å². The van der Waals surface area contributed by atoms with Crippen LogP contribution in [0.5, 0.6) is 0 Å². The molecule has 0 bridgehead atoms. The summed E-state index contributed by atoms with van der Waals surface area (Å²) in [6.07, 6.45) is 1.55. The van der Waals surface area contributed by atoms with Crippen LogP contribution in [-0.2, 0) is 9.59 Å². The van der Waals surface area contributed by atoms with Crippen molar-refractivity contribution in [3.8, 4) is 5.69 Å². The van der Waals surface area contributed by atoms with E-state index in [2.05, 4.69) is 68.4 Å². The molecule has 30 heavy (non-hydrogen) atoms. The van der Waals surface area contributed by atoms with Crippen molar-refractivity contribution in [2.45, 2.75) is 27.7 Å². The maximum absolute atomic E-state index is 12.1. The first-order valence-corrected chi connectivity index (χ1v) is 10.2. The summed E-state index contributed by atoms with van der Waals surface area (Å²) in [4.78, 5) is 24.1. The molecule has 2 aromatic carbocycles. The second kappa shape index (κ2) is 9.09. The van der Waals surface area contributed by atoms with E-state index in [1.807, 2.05) is 26.0 Å². The van der Waals surface area contributed by atoms with Gasteiger partial charge in [-0.2, -0.15) is 5.10 Å². The molecule has 7 heteroatoms. The maximum Gasteiger partial charge on any atom is 0.329 e. The van der Waals surface area contributed by atoms with Crippen molar-refractivity contribution in [1.82, 2.24) is 9.99 Å². The summed E-state index contributed by atoms with van der Waals surface area (Å²) >= 11 is 3.32. The molecule has 0 radical (unpaired) electrons. The molecule has 3 rings (SSSR count). The summed E-state index contributed by atoms with van der Waals surface area (Å²) in [6.45, 7) is 8.18. The molecule has 1 aromatic heterocycles. The van der Waals surface area contributed by atoms with E-state index >= 15 is 0 Å². The molecule has 6 nitrogen and oxygen atoms in total. The Morgan fingerprint density at radius 2 is 1.70 bits per heavy atom. The zero-order valence-corrected chi connectivity index (χ0v) is 18.9. The number of aryl methyl sites for hydroxylation is 3. The number of hydrogen-bond acceptors (Lipinski definition) is 3.